The molecule has 74 valence electrons. The van der Waals surface area contributed by atoms with Gasteiger partial charge in [0.25, 0.3) is 0 Å². The van der Waals surface area contributed by atoms with Crippen LogP contribution in [0.1, 0.15) is 18.4 Å². The van der Waals surface area contributed by atoms with Gasteiger partial charge in [0.1, 0.15) is 5.75 Å². The van der Waals surface area contributed by atoms with Crippen LogP contribution < -0.4 is 4.74 Å². The fraction of sp³-hybridized carbons (Fsp3) is 0.364. The van der Waals surface area contributed by atoms with E-state index >= 15 is 0 Å². The molecule has 14 heavy (non-hydrogen) atoms. The number of hydrogen-bond donors (Lipinski definition) is 0. The lowest BCUT2D eigenvalue weighted by atomic mass is 10.2. The summed E-state index contributed by atoms with van der Waals surface area (Å²) in [5, 5.41) is 8.95. The smallest absolute Gasteiger partial charge is 0.137 e. The fourth-order valence-corrected chi connectivity index (χ4v) is 1.35. The number of unbranched alkanes of at least 4 members (excludes halogenated alkanes) is 1. The van der Waals surface area contributed by atoms with Crippen molar-refractivity contribution in [3.05, 3.63) is 28.8 Å². The molecule has 0 unspecified atom stereocenters. The number of aryl methyl sites for hydroxylation is 1. The maximum absolute atomic E-state index is 8.32. The average Bonchev–Trinajstić information content (AvgIpc) is 2.15. The third kappa shape index (κ3) is 3.27. The second-order valence-corrected chi connectivity index (χ2v) is 3.45. The van der Waals surface area contributed by atoms with Gasteiger partial charge in [-0.1, -0.05) is 17.7 Å². The molecule has 0 atom stereocenters. The Labute approximate surface area is 89.1 Å². The molecule has 0 bridgehead atoms. The molecule has 0 spiro atoms. The number of nitriles is 1. The van der Waals surface area contributed by atoms with Gasteiger partial charge < -0.3 is 4.74 Å². The van der Waals surface area contributed by atoms with Crippen molar-refractivity contribution in [1.82, 2.24) is 0 Å². The Morgan fingerprint density at radius 2 is 2.29 bits per heavy atom. The van der Waals surface area contributed by atoms with Crippen LogP contribution in [-0.4, -0.2) is 6.61 Å². The fourth-order valence-electron chi connectivity index (χ4n) is 1.06. The number of hydrogen-bond acceptors (Lipinski definition) is 2. The summed E-state index contributed by atoms with van der Waals surface area (Å²) in [6, 6.07) is 7.73. The maximum atomic E-state index is 8.32. The molecule has 3 heteroatoms. The summed E-state index contributed by atoms with van der Waals surface area (Å²) in [7, 11) is 0. The first kappa shape index (κ1) is 10.9. The number of rotatable bonds is 4. The molecule has 0 amide bonds. The SMILES string of the molecule is Cc1ccc(OCCCC#N)c(Cl)c1. The molecule has 0 aliphatic carbocycles. The van der Waals surface area contributed by atoms with E-state index in [9.17, 15) is 0 Å². The minimum absolute atomic E-state index is 0.517. The van der Waals surface area contributed by atoms with Crippen LogP contribution in [0.5, 0.6) is 5.75 Å². The van der Waals surface area contributed by atoms with E-state index in [4.69, 9.17) is 21.6 Å². The predicted molar refractivity (Wildman–Crippen MR) is 56.5 cm³/mol. The van der Waals surface area contributed by atoms with E-state index in [-0.39, 0.29) is 0 Å². The van der Waals surface area contributed by atoms with Crippen LogP contribution in [0.3, 0.4) is 0 Å². The van der Waals surface area contributed by atoms with Crippen LogP contribution in [0.15, 0.2) is 18.2 Å². The van der Waals surface area contributed by atoms with Crippen LogP contribution in [0.2, 0.25) is 5.02 Å². The van der Waals surface area contributed by atoms with Gasteiger partial charge in [-0.25, -0.2) is 0 Å². The highest BCUT2D eigenvalue weighted by Crippen LogP contribution is 2.25. The molecule has 0 saturated heterocycles. The van der Waals surface area contributed by atoms with E-state index < -0.39 is 0 Å². The van der Waals surface area contributed by atoms with Crippen LogP contribution >= 0.6 is 11.6 Å². The Morgan fingerprint density at radius 1 is 1.50 bits per heavy atom. The first-order chi connectivity index (χ1) is 6.74. The van der Waals surface area contributed by atoms with Gasteiger partial charge >= 0.3 is 0 Å². The van der Waals surface area contributed by atoms with Crippen LogP contribution in [0.25, 0.3) is 0 Å². The second-order valence-electron chi connectivity index (χ2n) is 3.04. The Kier molecular flexibility index (Phi) is 4.28. The molecular weight excluding hydrogens is 198 g/mol. The first-order valence-electron chi connectivity index (χ1n) is 4.50. The summed E-state index contributed by atoms with van der Waals surface area (Å²) in [6.45, 7) is 2.52. The minimum Gasteiger partial charge on any atom is -0.492 e. The van der Waals surface area contributed by atoms with Gasteiger partial charge in [-0.05, 0) is 31.0 Å². The number of benzene rings is 1. The van der Waals surface area contributed by atoms with E-state index in [0.717, 1.165) is 12.0 Å². The molecule has 0 aliphatic rings. The van der Waals surface area contributed by atoms with Crippen molar-refractivity contribution in [3.63, 3.8) is 0 Å². The van der Waals surface area contributed by atoms with Gasteiger partial charge in [0.05, 0.1) is 17.7 Å². The van der Waals surface area contributed by atoms with Gasteiger partial charge in [-0.3, -0.25) is 0 Å². The summed E-state index contributed by atoms with van der Waals surface area (Å²) in [4.78, 5) is 0. The quantitative estimate of drug-likeness (QED) is 0.713. The summed E-state index contributed by atoms with van der Waals surface area (Å²) in [6.07, 6.45) is 1.25. The summed E-state index contributed by atoms with van der Waals surface area (Å²) >= 11 is 5.95. The highest BCUT2D eigenvalue weighted by atomic mass is 35.5. The van der Waals surface area contributed by atoms with Crippen molar-refractivity contribution in [3.8, 4) is 11.8 Å². The van der Waals surface area contributed by atoms with Crippen molar-refractivity contribution in [2.24, 2.45) is 0 Å². The van der Waals surface area contributed by atoms with Crippen LogP contribution in [0.4, 0.5) is 0 Å². The highest BCUT2D eigenvalue weighted by Gasteiger charge is 2.00. The Morgan fingerprint density at radius 3 is 2.93 bits per heavy atom. The molecular formula is C11H12ClNO. The van der Waals surface area contributed by atoms with Crippen molar-refractivity contribution in [1.29, 1.82) is 5.26 Å². The Hall–Kier alpha value is -1.20. The van der Waals surface area contributed by atoms with Crippen LogP contribution in [0, 0.1) is 18.3 Å². The van der Waals surface area contributed by atoms with E-state index in [1.54, 1.807) is 0 Å². The second kappa shape index (κ2) is 5.51. The van der Waals surface area contributed by atoms with E-state index in [1.165, 1.54) is 0 Å². The van der Waals surface area contributed by atoms with Gasteiger partial charge in [-0.15, -0.1) is 0 Å². The molecule has 0 fully saturated rings. The summed E-state index contributed by atoms with van der Waals surface area (Å²) in [5.41, 5.74) is 1.11. The van der Waals surface area contributed by atoms with Crippen molar-refractivity contribution in [2.45, 2.75) is 19.8 Å². The molecule has 2 nitrogen and oxygen atoms in total. The zero-order valence-electron chi connectivity index (χ0n) is 8.09. The van der Waals surface area contributed by atoms with Crippen molar-refractivity contribution >= 4 is 11.6 Å². The molecule has 0 aromatic heterocycles. The number of ether oxygens (including phenoxy) is 1. The monoisotopic (exact) mass is 209 g/mol. The molecule has 0 saturated carbocycles. The molecule has 0 radical (unpaired) electrons. The standard InChI is InChI=1S/C11H12ClNO/c1-9-4-5-11(10(12)8-9)14-7-3-2-6-13/h4-5,8H,2-3,7H2,1H3. The normalized spacial score (nSPS) is 9.50. The topological polar surface area (TPSA) is 33.0 Å². The molecule has 1 aromatic rings. The molecule has 0 N–H and O–H groups in total. The summed E-state index contributed by atoms with van der Waals surface area (Å²) < 4.78 is 5.41. The van der Waals surface area contributed by atoms with E-state index in [0.29, 0.717) is 23.8 Å². The highest BCUT2D eigenvalue weighted by molar-refractivity contribution is 6.32. The third-order valence-electron chi connectivity index (χ3n) is 1.78. The predicted octanol–water partition coefficient (Wildman–Crippen LogP) is 3.33. The third-order valence-corrected chi connectivity index (χ3v) is 2.07. The van der Waals surface area contributed by atoms with Gasteiger partial charge in [0.2, 0.25) is 0 Å². The lowest BCUT2D eigenvalue weighted by Crippen LogP contribution is -1.97. The van der Waals surface area contributed by atoms with Gasteiger partial charge in [0.15, 0.2) is 0 Å². The number of halogens is 1. The summed E-state index contributed by atoms with van der Waals surface area (Å²) in [5.74, 6) is 0.690. The Balaban J connectivity index is 2.47. The molecule has 1 rings (SSSR count). The Bertz CT molecular complexity index is 344. The first-order valence-corrected chi connectivity index (χ1v) is 4.87. The lowest BCUT2D eigenvalue weighted by Gasteiger charge is -2.06. The van der Waals surface area contributed by atoms with Gasteiger partial charge in [-0.2, -0.15) is 5.26 Å². The van der Waals surface area contributed by atoms with E-state index in [2.05, 4.69) is 6.07 Å². The van der Waals surface area contributed by atoms with Crippen molar-refractivity contribution in [2.75, 3.05) is 6.61 Å². The van der Waals surface area contributed by atoms with E-state index in [1.807, 2.05) is 25.1 Å². The minimum atomic E-state index is 0.517. The largest absolute Gasteiger partial charge is 0.492 e. The molecule has 0 aliphatic heterocycles. The van der Waals surface area contributed by atoms with Crippen LogP contribution in [-0.2, 0) is 0 Å². The average molecular weight is 210 g/mol. The maximum Gasteiger partial charge on any atom is 0.137 e. The van der Waals surface area contributed by atoms with Crippen molar-refractivity contribution < 1.29 is 4.74 Å². The zero-order chi connectivity index (χ0) is 10.4. The molecule has 1 aromatic carbocycles. The zero-order valence-corrected chi connectivity index (χ0v) is 8.84. The number of nitrogens with zero attached hydrogens (tertiary/aromatic N) is 1. The molecule has 0 heterocycles. The lowest BCUT2D eigenvalue weighted by molar-refractivity contribution is 0.313. The van der Waals surface area contributed by atoms with Gasteiger partial charge in [0, 0.05) is 6.42 Å².